The Kier molecular flexibility index (Phi) is 9.72. The van der Waals surface area contributed by atoms with Gasteiger partial charge in [-0.1, -0.05) is 39.0 Å². The quantitative estimate of drug-likeness (QED) is 0.479. The summed E-state index contributed by atoms with van der Waals surface area (Å²) in [6, 6.07) is -0.778. The summed E-state index contributed by atoms with van der Waals surface area (Å²) in [5, 5.41) is 17.5. The number of sulfonamides is 1. The van der Waals surface area contributed by atoms with E-state index in [1.165, 1.54) is 12.8 Å². The molecule has 0 aromatic rings. The SMILES string of the molecule is CCCCCCCCS(=O)(=O)NC(CO)CO. The molecule has 0 rings (SSSR count). The van der Waals surface area contributed by atoms with E-state index in [0.717, 1.165) is 19.3 Å². The van der Waals surface area contributed by atoms with E-state index in [2.05, 4.69) is 11.6 Å². The topological polar surface area (TPSA) is 86.6 Å². The van der Waals surface area contributed by atoms with Crippen LogP contribution in [0.15, 0.2) is 0 Å². The molecule has 0 spiro atoms. The van der Waals surface area contributed by atoms with Crippen LogP contribution in [0.4, 0.5) is 0 Å². The fourth-order valence-electron chi connectivity index (χ4n) is 1.52. The predicted octanol–water partition coefficient (Wildman–Crippen LogP) is 0.619. The summed E-state index contributed by atoms with van der Waals surface area (Å²) in [6.07, 6.45) is 6.12. The molecule has 17 heavy (non-hydrogen) atoms. The van der Waals surface area contributed by atoms with Gasteiger partial charge in [-0.05, 0) is 6.42 Å². The fraction of sp³-hybridized carbons (Fsp3) is 1.00. The molecule has 0 saturated carbocycles. The molecule has 6 heteroatoms. The number of rotatable bonds is 11. The summed E-state index contributed by atoms with van der Waals surface area (Å²) in [5.41, 5.74) is 0. The van der Waals surface area contributed by atoms with E-state index >= 15 is 0 Å². The van der Waals surface area contributed by atoms with Crippen LogP contribution in [-0.4, -0.2) is 43.6 Å². The molecule has 0 aromatic heterocycles. The molecular formula is C11H25NO4S. The van der Waals surface area contributed by atoms with Crippen LogP contribution in [-0.2, 0) is 10.0 Å². The number of aliphatic hydroxyl groups excluding tert-OH is 2. The van der Waals surface area contributed by atoms with Gasteiger partial charge < -0.3 is 10.2 Å². The summed E-state index contributed by atoms with van der Waals surface area (Å²) in [7, 11) is -3.37. The van der Waals surface area contributed by atoms with Gasteiger partial charge in [0.1, 0.15) is 0 Å². The minimum Gasteiger partial charge on any atom is -0.395 e. The van der Waals surface area contributed by atoms with Gasteiger partial charge in [0, 0.05) is 0 Å². The average molecular weight is 267 g/mol. The minimum atomic E-state index is -3.37. The molecule has 0 heterocycles. The van der Waals surface area contributed by atoms with E-state index < -0.39 is 16.1 Å². The molecule has 0 aliphatic carbocycles. The highest BCUT2D eigenvalue weighted by molar-refractivity contribution is 7.89. The molecule has 104 valence electrons. The maximum absolute atomic E-state index is 11.5. The number of unbranched alkanes of at least 4 members (excludes halogenated alkanes) is 5. The lowest BCUT2D eigenvalue weighted by atomic mass is 10.1. The van der Waals surface area contributed by atoms with Crippen LogP contribution >= 0.6 is 0 Å². The maximum atomic E-state index is 11.5. The monoisotopic (exact) mass is 267 g/mol. The fourth-order valence-corrected chi connectivity index (χ4v) is 2.88. The van der Waals surface area contributed by atoms with Gasteiger partial charge >= 0.3 is 0 Å². The first-order valence-electron chi connectivity index (χ1n) is 6.27. The van der Waals surface area contributed by atoms with Crippen LogP contribution < -0.4 is 4.72 Å². The summed E-state index contributed by atoms with van der Waals surface area (Å²) in [4.78, 5) is 0. The lowest BCUT2D eigenvalue weighted by Gasteiger charge is -2.13. The van der Waals surface area contributed by atoms with Gasteiger partial charge in [0.25, 0.3) is 0 Å². The molecule has 0 unspecified atom stereocenters. The van der Waals surface area contributed by atoms with Gasteiger partial charge in [0.05, 0.1) is 25.0 Å². The molecule has 0 aliphatic rings. The van der Waals surface area contributed by atoms with Gasteiger partial charge in [-0.3, -0.25) is 0 Å². The summed E-state index contributed by atoms with van der Waals surface area (Å²) in [6.45, 7) is 1.37. The smallest absolute Gasteiger partial charge is 0.212 e. The third-order valence-corrected chi connectivity index (χ3v) is 4.07. The standard InChI is InChI=1S/C11H25NO4S/c1-2-3-4-5-6-7-8-17(15,16)12-11(9-13)10-14/h11-14H,2-10H2,1H3. The van der Waals surface area contributed by atoms with Crippen LogP contribution in [0.25, 0.3) is 0 Å². The highest BCUT2D eigenvalue weighted by Gasteiger charge is 2.15. The van der Waals surface area contributed by atoms with Crippen molar-refractivity contribution in [1.29, 1.82) is 0 Å². The molecule has 0 amide bonds. The van der Waals surface area contributed by atoms with E-state index in [0.29, 0.717) is 6.42 Å². The number of hydrogen-bond donors (Lipinski definition) is 3. The third kappa shape index (κ3) is 9.52. The van der Waals surface area contributed by atoms with E-state index in [-0.39, 0.29) is 19.0 Å². The predicted molar refractivity (Wildman–Crippen MR) is 68.3 cm³/mol. The Morgan fingerprint density at radius 3 is 2.06 bits per heavy atom. The van der Waals surface area contributed by atoms with E-state index in [9.17, 15) is 8.42 Å². The largest absolute Gasteiger partial charge is 0.395 e. The lowest BCUT2D eigenvalue weighted by Crippen LogP contribution is -2.41. The minimum absolute atomic E-state index is 0.0651. The highest BCUT2D eigenvalue weighted by atomic mass is 32.2. The van der Waals surface area contributed by atoms with Crippen molar-refractivity contribution in [3.63, 3.8) is 0 Å². The number of aliphatic hydroxyl groups is 2. The van der Waals surface area contributed by atoms with Crippen molar-refractivity contribution in [3.05, 3.63) is 0 Å². The van der Waals surface area contributed by atoms with Crippen molar-refractivity contribution >= 4 is 10.0 Å². The Bertz CT molecular complexity index is 263. The Hall–Kier alpha value is -0.170. The Morgan fingerprint density at radius 1 is 1.00 bits per heavy atom. The number of hydrogen-bond acceptors (Lipinski definition) is 4. The van der Waals surface area contributed by atoms with Crippen LogP contribution in [0.5, 0.6) is 0 Å². The first kappa shape index (κ1) is 16.8. The molecule has 0 fully saturated rings. The van der Waals surface area contributed by atoms with Crippen LogP contribution in [0.1, 0.15) is 45.4 Å². The Labute approximate surface area is 104 Å². The molecule has 3 N–H and O–H groups in total. The van der Waals surface area contributed by atoms with E-state index in [1.807, 2.05) is 0 Å². The third-order valence-electron chi connectivity index (χ3n) is 2.55. The van der Waals surface area contributed by atoms with Crippen LogP contribution in [0.3, 0.4) is 0 Å². The van der Waals surface area contributed by atoms with Gasteiger partial charge in [0.2, 0.25) is 10.0 Å². The molecule has 0 atom stereocenters. The zero-order valence-corrected chi connectivity index (χ0v) is 11.4. The Morgan fingerprint density at radius 2 is 1.53 bits per heavy atom. The second-order valence-corrected chi connectivity index (χ2v) is 6.14. The normalized spacial score (nSPS) is 12.2. The van der Waals surface area contributed by atoms with Crippen LogP contribution in [0.2, 0.25) is 0 Å². The average Bonchev–Trinajstić information content (AvgIpc) is 2.30. The van der Waals surface area contributed by atoms with Crippen molar-refractivity contribution in [1.82, 2.24) is 4.72 Å². The number of nitrogens with one attached hydrogen (secondary N) is 1. The van der Waals surface area contributed by atoms with Crippen molar-refractivity contribution in [2.45, 2.75) is 51.5 Å². The second kappa shape index (κ2) is 9.82. The molecular weight excluding hydrogens is 242 g/mol. The molecule has 0 bridgehead atoms. The highest BCUT2D eigenvalue weighted by Crippen LogP contribution is 2.06. The zero-order valence-electron chi connectivity index (χ0n) is 10.6. The maximum Gasteiger partial charge on any atom is 0.212 e. The lowest BCUT2D eigenvalue weighted by molar-refractivity contribution is 0.185. The van der Waals surface area contributed by atoms with E-state index in [4.69, 9.17) is 10.2 Å². The van der Waals surface area contributed by atoms with Crippen molar-refractivity contribution in [2.75, 3.05) is 19.0 Å². The zero-order chi connectivity index (χ0) is 13.1. The van der Waals surface area contributed by atoms with Gasteiger partial charge in [-0.2, -0.15) is 0 Å². The molecule has 0 saturated heterocycles. The molecule has 5 nitrogen and oxygen atoms in total. The van der Waals surface area contributed by atoms with Crippen molar-refractivity contribution < 1.29 is 18.6 Å². The molecule has 0 aliphatic heterocycles. The second-order valence-electron chi connectivity index (χ2n) is 4.27. The van der Waals surface area contributed by atoms with Gasteiger partial charge in [-0.15, -0.1) is 0 Å². The van der Waals surface area contributed by atoms with Crippen LogP contribution in [0, 0.1) is 0 Å². The summed E-state index contributed by atoms with van der Waals surface area (Å²) in [5.74, 6) is 0.0651. The summed E-state index contributed by atoms with van der Waals surface area (Å²) < 4.78 is 25.3. The summed E-state index contributed by atoms with van der Waals surface area (Å²) >= 11 is 0. The molecule has 0 aromatic carbocycles. The molecule has 0 radical (unpaired) electrons. The first-order chi connectivity index (χ1) is 8.05. The van der Waals surface area contributed by atoms with Gasteiger partial charge in [-0.25, -0.2) is 13.1 Å². The van der Waals surface area contributed by atoms with Crippen molar-refractivity contribution in [3.8, 4) is 0 Å². The Balaban J connectivity index is 3.71. The van der Waals surface area contributed by atoms with Gasteiger partial charge in [0.15, 0.2) is 0 Å². The first-order valence-corrected chi connectivity index (χ1v) is 7.92. The van der Waals surface area contributed by atoms with Crippen molar-refractivity contribution in [2.24, 2.45) is 0 Å². The van der Waals surface area contributed by atoms with E-state index in [1.54, 1.807) is 0 Å².